The second kappa shape index (κ2) is 4.77. The van der Waals surface area contributed by atoms with E-state index in [2.05, 4.69) is 0 Å². The maximum Gasteiger partial charge on any atom is 0.323 e. The molecule has 1 aromatic carbocycles. The third kappa shape index (κ3) is 2.42. The predicted molar refractivity (Wildman–Crippen MR) is 65.0 cm³/mol. The highest BCUT2D eigenvalue weighted by atomic mass is 32.2. The summed E-state index contributed by atoms with van der Waals surface area (Å²) in [5.74, 6) is -0.921. The molecule has 17 heavy (non-hydrogen) atoms. The van der Waals surface area contributed by atoms with Gasteiger partial charge in [0, 0.05) is 11.4 Å². The van der Waals surface area contributed by atoms with E-state index in [1.165, 1.54) is 16.7 Å². The first-order valence-electron chi connectivity index (χ1n) is 5.10. The van der Waals surface area contributed by atoms with Crippen molar-refractivity contribution in [3.05, 3.63) is 23.8 Å². The van der Waals surface area contributed by atoms with Gasteiger partial charge in [-0.15, -0.1) is 11.8 Å². The van der Waals surface area contributed by atoms with Crippen LogP contribution in [0, 0.1) is 0 Å². The number of amides is 1. The summed E-state index contributed by atoms with van der Waals surface area (Å²) < 4.78 is 0. The van der Waals surface area contributed by atoms with Gasteiger partial charge in [-0.05, 0) is 17.7 Å². The third-order valence-electron chi connectivity index (χ3n) is 2.50. The molecule has 0 atom stereocenters. The predicted octanol–water partition coefficient (Wildman–Crippen LogP) is 0.669. The summed E-state index contributed by atoms with van der Waals surface area (Å²) in [6, 6.07) is 5.55. The average molecular weight is 252 g/mol. The highest BCUT2D eigenvalue weighted by molar-refractivity contribution is 8.00. The van der Waals surface area contributed by atoms with E-state index in [4.69, 9.17) is 10.8 Å². The Morgan fingerprint density at radius 2 is 2.29 bits per heavy atom. The molecule has 5 nitrogen and oxygen atoms in total. The molecule has 6 heteroatoms. The van der Waals surface area contributed by atoms with Crippen LogP contribution in [0.3, 0.4) is 0 Å². The fraction of sp³-hybridized carbons (Fsp3) is 0.273. The van der Waals surface area contributed by atoms with Crippen LogP contribution in [-0.2, 0) is 16.1 Å². The van der Waals surface area contributed by atoms with Crippen molar-refractivity contribution in [1.82, 2.24) is 0 Å². The van der Waals surface area contributed by atoms with Crippen LogP contribution in [-0.4, -0.2) is 29.3 Å². The number of carboxylic acid groups (broad SMARTS) is 1. The van der Waals surface area contributed by atoms with Crippen LogP contribution >= 0.6 is 11.8 Å². The molecular formula is C11H12N2O3S. The van der Waals surface area contributed by atoms with Gasteiger partial charge in [0.2, 0.25) is 5.91 Å². The maximum absolute atomic E-state index is 11.7. The van der Waals surface area contributed by atoms with Crippen LogP contribution in [0.5, 0.6) is 0 Å². The summed E-state index contributed by atoms with van der Waals surface area (Å²) in [6.45, 7) is 0.0630. The van der Waals surface area contributed by atoms with Gasteiger partial charge in [-0.25, -0.2) is 0 Å². The molecule has 0 aliphatic carbocycles. The topological polar surface area (TPSA) is 83.6 Å². The van der Waals surface area contributed by atoms with Crippen LogP contribution in [0.1, 0.15) is 5.56 Å². The summed E-state index contributed by atoms with van der Waals surface area (Å²) in [5, 5.41) is 8.81. The summed E-state index contributed by atoms with van der Waals surface area (Å²) in [6.07, 6.45) is 0. The molecule has 0 fully saturated rings. The molecule has 1 amide bonds. The van der Waals surface area contributed by atoms with Gasteiger partial charge in [0.05, 0.1) is 11.4 Å². The molecule has 0 saturated heterocycles. The Bertz CT molecular complexity index is 476. The Kier molecular flexibility index (Phi) is 3.35. The lowest BCUT2D eigenvalue weighted by Crippen LogP contribution is -2.39. The quantitative estimate of drug-likeness (QED) is 0.826. The minimum atomic E-state index is -1.02. The molecule has 3 N–H and O–H groups in total. The van der Waals surface area contributed by atoms with E-state index in [1.54, 1.807) is 6.07 Å². The molecule has 90 valence electrons. The molecule has 1 heterocycles. The number of carboxylic acids is 1. The standard InChI is InChI=1S/C11H12N2O3S/c12-4-7-1-2-9-8(3-7)13(5-11(15)16)10(14)6-17-9/h1-3H,4-6,12H2,(H,15,16). The van der Waals surface area contributed by atoms with Gasteiger partial charge in [0.15, 0.2) is 0 Å². The van der Waals surface area contributed by atoms with Crippen LogP contribution in [0.15, 0.2) is 23.1 Å². The lowest BCUT2D eigenvalue weighted by atomic mass is 10.2. The summed E-state index contributed by atoms with van der Waals surface area (Å²) in [4.78, 5) is 24.7. The Balaban J connectivity index is 2.41. The number of rotatable bonds is 3. The molecule has 1 aromatic rings. The first kappa shape index (κ1) is 11.9. The first-order chi connectivity index (χ1) is 8.11. The molecule has 2 rings (SSSR count). The zero-order valence-corrected chi connectivity index (χ0v) is 9.87. The van der Waals surface area contributed by atoms with Gasteiger partial charge in [0.1, 0.15) is 6.54 Å². The Labute approximate surface area is 103 Å². The Morgan fingerprint density at radius 3 is 2.94 bits per heavy atom. The summed E-state index contributed by atoms with van der Waals surface area (Å²) in [7, 11) is 0. The van der Waals surface area contributed by atoms with E-state index >= 15 is 0 Å². The van der Waals surface area contributed by atoms with Gasteiger partial charge >= 0.3 is 5.97 Å². The number of carbonyl (C=O) groups excluding carboxylic acids is 1. The molecule has 0 saturated carbocycles. The molecule has 0 bridgehead atoms. The van der Waals surface area contributed by atoms with Gasteiger partial charge < -0.3 is 10.8 Å². The molecule has 0 aromatic heterocycles. The smallest absolute Gasteiger partial charge is 0.323 e. The number of fused-ring (bicyclic) bond motifs is 1. The number of hydrogen-bond donors (Lipinski definition) is 2. The maximum atomic E-state index is 11.7. The molecule has 0 spiro atoms. The van der Waals surface area contributed by atoms with Crippen molar-refractivity contribution in [3.8, 4) is 0 Å². The van der Waals surface area contributed by atoms with Crippen molar-refractivity contribution in [1.29, 1.82) is 0 Å². The minimum Gasteiger partial charge on any atom is -0.480 e. The zero-order valence-electron chi connectivity index (χ0n) is 9.05. The van der Waals surface area contributed by atoms with E-state index < -0.39 is 5.97 Å². The SMILES string of the molecule is NCc1ccc2c(c1)N(CC(=O)O)C(=O)CS2. The van der Waals surface area contributed by atoms with Crippen LogP contribution in [0.4, 0.5) is 5.69 Å². The second-order valence-electron chi connectivity index (χ2n) is 3.67. The van der Waals surface area contributed by atoms with E-state index in [0.717, 1.165) is 10.5 Å². The number of thioether (sulfide) groups is 1. The zero-order chi connectivity index (χ0) is 12.4. The van der Waals surface area contributed by atoms with E-state index in [9.17, 15) is 9.59 Å². The van der Waals surface area contributed by atoms with Crippen molar-refractivity contribution in [2.75, 3.05) is 17.2 Å². The molecule has 1 aliphatic rings. The van der Waals surface area contributed by atoms with Crippen LogP contribution in [0.25, 0.3) is 0 Å². The van der Waals surface area contributed by atoms with Crippen LogP contribution in [0.2, 0.25) is 0 Å². The van der Waals surface area contributed by atoms with Gasteiger partial charge in [-0.3, -0.25) is 14.5 Å². The van der Waals surface area contributed by atoms with Gasteiger partial charge in [-0.1, -0.05) is 6.07 Å². The van der Waals surface area contributed by atoms with Crippen LogP contribution < -0.4 is 10.6 Å². The molecular weight excluding hydrogens is 240 g/mol. The largest absolute Gasteiger partial charge is 0.480 e. The highest BCUT2D eigenvalue weighted by Gasteiger charge is 2.26. The summed E-state index contributed by atoms with van der Waals surface area (Å²) >= 11 is 1.42. The van der Waals surface area contributed by atoms with Gasteiger partial charge in [-0.2, -0.15) is 0 Å². The number of hydrogen-bond acceptors (Lipinski definition) is 4. The third-order valence-corrected chi connectivity index (χ3v) is 3.54. The fourth-order valence-electron chi connectivity index (χ4n) is 1.68. The number of nitrogens with zero attached hydrogens (tertiary/aromatic N) is 1. The normalized spacial score (nSPS) is 14.6. The minimum absolute atomic E-state index is 0.181. The van der Waals surface area contributed by atoms with E-state index in [-0.39, 0.29) is 18.2 Å². The van der Waals surface area contributed by atoms with E-state index in [1.807, 2.05) is 12.1 Å². The molecule has 0 unspecified atom stereocenters. The average Bonchev–Trinajstić information content (AvgIpc) is 2.32. The number of aliphatic carboxylic acids is 1. The first-order valence-corrected chi connectivity index (χ1v) is 6.08. The van der Waals surface area contributed by atoms with Gasteiger partial charge in [0.25, 0.3) is 0 Å². The number of anilines is 1. The number of benzene rings is 1. The van der Waals surface area contributed by atoms with Crippen molar-refractivity contribution < 1.29 is 14.7 Å². The number of carbonyl (C=O) groups is 2. The Hall–Kier alpha value is -1.53. The monoisotopic (exact) mass is 252 g/mol. The van der Waals surface area contributed by atoms with Crippen molar-refractivity contribution in [2.24, 2.45) is 5.73 Å². The van der Waals surface area contributed by atoms with Crippen molar-refractivity contribution >= 4 is 29.3 Å². The van der Waals surface area contributed by atoms with Crippen molar-refractivity contribution in [2.45, 2.75) is 11.4 Å². The molecule has 1 aliphatic heterocycles. The number of nitrogens with two attached hydrogens (primary N) is 1. The lowest BCUT2D eigenvalue weighted by molar-refractivity contribution is -0.136. The fourth-order valence-corrected chi connectivity index (χ4v) is 2.60. The van der Waals surface area contributed by atoms with Crippen molar-refractivity contribution in [3.63, 3.8) is 0 Å². The molecule has 0 radical (unpaired) electrons. The summed E-state index contributed by atoms with van der Waals surface area (Å²) in [5.41, 5.74) is 7.07. The second-order valence-corrected chi connectivity index (χ2v) is 4.69. The van der Waals surface area contributed by atoms with E-state index in [0.29, 0.717) is 12.2 Å². The Morgan fingerprint density at radius 1 is 1.53 bits per heavy atom. The lowest BCUT2D eigenvalue weighted by Gasteiger charge is -2.27. The highest BCUT2D eigenvalue weighted by Crippen LogP contribution is 2.35.